The highest BCUT2D eigenvalue weighted by atomic mass is 19.4. The van der Waals surface area contributed by atoms with Crippen LogP contribution in [-0.2, 0) is 0 Å². The van der Waals surface area contributed by atoms with Crippen molar-refractivity contribution in [3.05, 3.63) is 0 Å². The Morgan fingerprint density at radius 1 is 0.559 bits per heavy atom. The molecule has 0 aromatic rings. The Bertz CT molecular complexity index is 675. The maximum absolute atomic E-state index is 14.9. The number of hydrogen-bond acceptors (Lipinski definition) is 0. The fraction of sp³-hybridized carbons (Fsp3) is 1.00. The van der Waals surface area contributed by atoms with Crippen molar-refractivity contribution in [3.8, 4) is 0 Å². The monoisotopic (exact) mass is 526 g/mol. The zero-order valence-corrected chi connectivity index (χ0v) is 18.3. The van der Waals surface area contributed by atoms with Crippen LogP contribution in [0.4, 0.5) is 57.1 Å². The number of alkyl halides is 13. The number of halogens is 13. The summed E-state index contributed by atoms with van der Waals surface area (Å²) in [7, 11) is 0. The summed E-state index contributed by atoms with van der Waals surface area (Å²) in [5, 5.41) is 0. The number of hydrogen-bond donors (Lipinski definition) is 0. The van der Waals surface area contributed by atoms with E-state index in [0.717, 1.165) is 12.8 Å². The minimum atomic E-state index is -7.83. The minimum Gasteiger partial charge on any atom is -0.199 e. The van der Waals surface area contributed by atoms with E-state index in [4.69, 9.17) is 0 Å². The van der Waals surface area contributed by atoms with E-state index in [2.05, 4.69) is 0 Å². The van der Waals surface area contributed by atoms with Crippen LogP contribution in [-0.4, -0.2) is 35.8 Å². The van der Waals surface area contributed by atoms with E-state index >= 15 is 0 Å². The van der Waals surface area contributed by atoms with Gasteiger partial charge in [-0.1, -0.05) is 45.4 Å². The zero-order valence-electron chi connectivity index (χ0n) is 18.3. The Hall–Kier alpha value is -0.910. The summed E-state index contributed by atoms with van der Waals surface area (Å²) >= 11 is 0. The molecule has 2 atom stereocenters. The van der Waals surface area contributed by atoms with Gasteiger partial charge in [-0.2, -0.15) is 57.1 Å². The lowest BCUT2D eigenvalue weighted by Crippen LogP contribution is -2.71. The summed E-state index contributed by atoms with van der Waals surface area (Å²) in [4.78, 5) is 0. The summed E-state index contributed by atoms with van der Waals surface area (Å²) in [5.41, 5.74) is 0. The molecule has 0 aromatic heterocycles. The minimum absolute atomic E-state index is 0.0832. The standard InChI is InChI=1S/C21H27F13/c1-2-5-12-8-10-13(11-9-12)14-6-3-4-7-15(14)16(22,23)17(24,25)18(26,27)19(28,29)20(30,31)21(32,33)34/h12-15H,2-11H2,1H3/t12?,13?,14-,15+/m0/s1. The highest BCUT2D eigenvalue weighted by Gasteiger charge is 2.91. The lowest BCUT2D eigenvalue weighted by Gasteiger charge is -2.47. The highest BCUT2D eigenvalue weighted by molar-refractivity contribution is 5.12. The maximum Gasteiger partial charge on any atom is 0.460 e. The zero-order chi connectivity index (χ0) is 26.4. The van der Waals surface area contributed by atoms with Gasteiger partial charge in [0.2, 0.25) is 0 Å². The van der Waals surface area contributed by atoms with Gasteiger partial charge in [0.15, 0.2) is 0 Å². The molecule has 0 heterocycles. The summed E-state index contributed by atoms with van der Waals surface area (Å²) in [6.07, 6.45) is -4.55. The Kier molecular flexibility index (Phi) is 8.21. The van der Waals surface area contributed by atoms with Gasteiger partial charge in [-0.25, -0.2) is 0 Å². The average molecular weight is 526 g/mol. The number of rotatable bonds is 8. The highest BCUT2D eigenvalue weighted by Crippen LogP contribution is 2.63. The van der Waals surface area contributed by atoms with Crippen molar-refractivity contribution >= 4 is 0 Å². The van der Waals surface area contributed by atoms with Crippen LogP contribution in [0.15, 0.2) is 0 Å². The van der Waals surface area contributed by atoms with Crippen molar-refractivity contribution in [2.75, 3.05) is 0 Å². The van der Waals surface area contributed by atoms with Crippen molar-refractivity contribution in [3.63, 3.8) is 0 Å². The molecule has 13 heteroatoms. The van der Waals surface area contributed by atoms with Crippen LogP contribution in [0.5, 0.6) is 0 Å². The SMILES string of the molecule is CCCC1CCC([C@@H]2CCCC[C@H]2C(F)(F)C(F)(F)C(F)(F)C(F)(F)C(F)(F)C(F)(F)F)CC1. The van der Waals surface area contributed by atoms with E-state index in [-0.39, 0.29) is 25.2 Å². The molecule has 34 heavy (non-hydrogen) atoms. The summed E-state index contributed by atoms with van der Waals surface area (Å²) in [5.74, 6) is -40.5. The van der Waals surface area contributed by atoms with Gasteiger partial charge < -0.3 is 0 Å². The first-order valence-corrected chi connectivity index (χ1v) is 11.2. The Labute approximate surface area is 188 Å². The Morgan fingerprint density at radius 2 is 1.03 bits per heavy atom. The molecule has 0 aromatic carbocycles. The predicted molar refractivity (Wildman–Crippen MR) is 96.6 cm³/mol. The van der Waals surface area contributed by atoms with Crippen molar-refractivity contribution in [1.29, 1.82) is 0 Å². The average Bonchev–Trinajstić information content (AvgIpc) is 2.73. The smallest absolute Gasteiger partial charge is 0.199 e. The first kappa shape index (κ1) is 29.3. The van der Waals surface area contributed by atoms with Crippen LogP contribution >= 0.6 is 0 Å². The predicted octanol–water partition coefficient (Wildman–Crippen LogP) is 9.14. The third-order valence-corrected chi connectivity index (χ3v) is 7.44. The lowest BCUT2D eigenvalue weighted by atomic mass is 9.63. The van der Waals surface area contributed by atoms with E-state index in [1.54, 1.807) is 0 Å². The normalized spacial score (nSPS) is 28.8. The van der Waals surface area contributed by atoms with E-state index in [0.29, 0.717) is 25.7 Å². The molecule has 2 saturated carbocycles. The van der Waals surface area contributed by atoms with Crippen LogP contribution in [0.3, 0.4) is 0 Å². The molecule has 0 aliphatic heterocycles. The molecule has 0 saturated heterocycles. The van der Waals surface area contributed by atoms with Gasteiger partial charge in [-0.3, -0.25) is 0 Å². The summed E-state index contributed by atoms with van der Waals surface area (Å²) in [6.45, 7) is 1.93. The third-order valence-electron chi connectivity index (χ3n) is 7.44. The largest absolute Gasteiger partial charge is 0.460 e. The van der Waals surface area contributed by atoms with E-state index in [9.17, 15) is 57.1 Å². The van der Waals surface area contributed by atoms with Crippen molar-refractivity contribution in [2.45, 2.75) is 107 Å². The Balaban J connectivity index is 2.39. The van der Waals surface area contributed by atoms with Gasteiger partial charge in [-0.15, -0.1) is 0 Å². The molecule has 0 nitrogen and oxygen atoms in total. The van der Waals surface area contributed by atoms with Crippen molar-refractivity contribution in [1.82, 2.24) is 0 Å². The van der Waals surface area contributed by atoms with E-state index in [1.807, 2.05) is 6.92 Å². The van der Waals surface area contributed by atoms with Gasteiger partial charge >= 0.3 is 35.8 Å². The molecule has 2 aliphatic rings. The molecule has 2 aliphatic carbocycles. The van der Waals surface area contributed by atoms with Crippen LogP contribution in [0, 0.1) is 23.7 Å². The fourth-order valence-corrected chi connectivity index (χ4v) is 5.50. The molecular formula is C21H27F13. The van der Waals surface area contributed by atoms with Crippen LogP contribution < -0.4 is 0 Å². The maximum atomic E-state index is 14.9. The molecule has 202 valence electrons. The first-order valence-electron chi connectivity index (χ1n) is 11.2. The Morgan fingerprint density at radius 3 is 1.50 bits per heavy atom. The van der Waals surface area contributed by atoms with Gasteiger partial charge in [0.25, 0.3) is 0 Å². The van der Waals surface area contributed by atoms with Crippen LogP contribution in [0.25, 0.3) is 0 Å². The van der Waals surface area contributed by atoms with Crippen LogP contribution in [0.2, 0.25) is 0 Å². The molecule has 0 unspecified atom stereocenters. The molecule has 2 rings (SSSR count). The van der Waals surface area contributed by atoms with Crippen molar-refractivity contribution < 1.29 is 57.1 Å². The molecule has 0 spiro atoms. The second kappa shape index (κ2) is 9.52. The second-order valence-electron chi connectivity index (χ2n) is 9.54. The summed E-state index contributed by atoms with van der Waals surface area (Å²) < 4.78 is 177. The molecular weight excluding hydrogens is 499 g/mol. The molecule has 0 radical (unpaired) electrons. The first-order chi connectivity index (χ1) is 15.3. The lowest BCUT2D eigenvalue weighted by molar-refractivity contribution is -0.444. The molecule has 0 N–H and O–H groups in total. The topological polar surface area (TPSA) is 0 Å². The fourth-order valence-electron chi connectivity index (χ4n) is 5.50. The molecule has 2 fully saturated rings. The van der Waals surface area contributed by atoms with Gasteiger partial charge in [-0.05, 0) is 43.4 Å². The summed E-state index contributed by atoms with van der Waals surface area (Å²) in [6, 6.07) is 0. The quantitative estimate of drug-likeness (QED) is 0.277. The third kappa shape index (κ3) is 4.62. The van der Waals surface area contributed by atoms with Crippen molar-refractivity contribution in [2.24, 2.45) is 23.7 Å². The van der Waals surface area contributed by atoms with Gasteiger partial charge in [0.05, 0.1) is 0 Å². The van der Waals surface area contributed by atoms with Crippen LogP contribution in [0.1, 0.15) is 71.1 Å². The molecule has 0 bridgehead atoms. The van der Waals surface area contributed by atoms with E-state index < -0.39 is 60.0 Å². The molecule has 0 amide bonds. The van der Waals surface area contributed by atoms with E-state index in [1.165, 1.54) is 0 Å². The van der Waals surface area contributed by atoms with Gasteiger partial charge in [0.1, 0.15) is 0 Å². The second-order valence-corrected chi connectivity index (χ2v) is 9.54. The van der Waals surface area contributed by atoms with Gasteiger partial charge in [0, 0.05) is 5.92 Å².